The van der Waals surface area contributed by atoms with Crippen LogP contribution in [0.2, 0.25) is 0 Å². The monoisotopic (exact) mass is 742 g/mol. The second-order valence-corrected chi connectivity index (χ2v) is 10.8. The van der Waals surface area contributed by atoms with Crippen LogP contribution < -0.4 is 32.7 Å². The van der Waals surface area contributed by atoms with Crippen LogP contribution in [0.5, 0.6) is 0 Å². The van der Waals surface area contributed by atoms with Crippen LogP contribution in [0, 0.1) is 0 Å². The van der Waals surface area contributed by atoms with Gasteiger partial charge in [-0.3, -0.25) is 38.4 Å². The number of carboxylic acids is 4. The fourth-order valence-corrected chi connectivity index (χ4v) is 3.94. The number of aliphatic carboxylic acids is 4. The molecular formula is C26H46N6O14S2. The summed E-state index contributed by atoms with van der Waals surface area (Å²) >= 11 is 0.0656. The zero-order chi connectivity index (χ0) is 47.8. The molecule has 20 nitrogen and oxygen atoms in total. The number of carbonyl (C=O) groups excluding carboxylic acids is 4. The van der Waals surface area contributed by atoms with Crippen molar-refractivity contribution in [2.75, 3.05) is 36.9 Å². The molecule has 0 aliphatic heterocycles. The van der Waals surface area contributed by atoms with E-state index in [4.69, 9.17) is 48.3 Å². The van der Waals surface area contributed by atoms with Crippen molar-refractivity contribution >= 4 is 71.0 Å². The van der Waals surface area contributed by atoms with Crippen molar-refractivity contribution in [3.8, 4) is 0 Å². The summed E-state index contributed by atoms with van der Waals surface area (Å²) in [4.78, 5) is 90.8. The molecule has 0 aliphatic carbocycles. The number of hydrogen-bond donors (Lipinski definition) is 12. The van der Waals surface area contributed by atoms with E-state index in [1.807, 2.05) is 10.6 Å². The van der Waals surface area contributed by atoms with Crippen LogP contribution in [0.1, 0.15) is 55.8 Å². The average Bonchev–Trinajstić information content (AvgIpc) is 3.09. The highest BCUT2D eigenvalue weighted by molar-refractivity contribution is 8.00. The molecule has 4 amide bonds. The van der Waals surface area contributed by atoms with Crippen LogP contribution in [0.3, 0.4) is 0 Å². The number of carbonyl (C=O) groups is 8. The lowest BCUT2D eigenvalue weighted by Crippen LogP contribution is -2.49. The Morgan fingerprint density at radius 2 is 1.21 bits per heavy atom. The lowest BCUT2D eigenvalue weighted by molar-refractivity contribution is -0.140. The number of hydrogen-bond acceptors (Lipinski definition) is 14. The van der Waals surface area contributed by atoms with E-state index in [0.717, 1.165) is 0 Å². The zero-order valence-electron chi connectivity index (χ0n) is 36.9. The molecular weight excluding hydrogens is 684 g/mol. The van der Waals surface area contributed by atoms with Gasteiger partial charge in [0.15, 0.2) is 0 Å². The molecule has 48 heavy (non-hydrogen) atoms. The minimum Gasteiger partial charge on any atom is -0.480 e. The SMILES string of the molecule is [2H]C([2H])([2H])C([2H])(O)C([2H])([2H])SC[C@H](NC(=O)CC[C@H](N)C(=O)O)C(=O)NCC(=O)O.[2H]C([2H])([2H])C([2H])(SC[C@H](NC(=O)CC[C@H](N)C(=O)O)C(=O)NCC(=O)O)C([2H])([2H])O. The van der Waals surface area contributed by atoms with Crippen molar-refractivity contribution in [1.29, 1.82) is 0 Å². The Balaban J connectivity index is 0. The number of thioether (sulfide) groups is 2. The molecule has 0 aliphatic rings. The quantitative estimate of drug-likeness (QED) is 0.0448. The first-order chi connectivity index (χ1) is 26.8. The Hall–Kier alpha value is -3.70. The number of nitrogens with one attached hydrogen (secondary N) is 4. The standard InChI is InChI=1S/2C13H23N3O7S/c1-7(17)5-24-6-9(12(21)15-4-11(19)20)16-10(18)3-2-8(14)13(22)23;1-7(5-17)24-6-9(12(21)15-4-11(19)20)16-10(18)3-2-8(14)13(22)23/h2*7-9,17H,2-6,14H2,1H3,(H,15,21)(H,16,18)(H,19,20)(H,22,23)/t2*7?,8-,9-/m00/s1/i2*1D3,5D2,7D. The van der Waals surface area contributed by atoms with Crippen LogP contribution in [-0.4, -0.2) is 150 Å². The highest BCUT2D eigenvalue weighted by atomic mass is 32.2. The maximum atomic E-state index is 12.2. The lowest BCUT2D eigenvalue weighted by Gasteiger charge is -2.19. The minimum atomic E-state index is -3.55. The van der Waals surface area contributed by atoms with Crippen molar-refractivity contribution in [1.82, 2.24) is 21.3 Å². The van der Waals surface area contributed by atoms with E-state index in [2.05, 4.69) is 10.6 Å². The summed E-state index contributed by atoms with van der Waals surface area (Å²) in [6.07, 6.45) is -5.00. The topological polar surface area (TPSA) is 358 Å². The number of rotatable bonds is 24. The molecule has 0 aromatic rings. The van der Waals surface area contributed by atoms with Crippen molar-refractivity contribution in [2.45, 2.75) is 74.9 Å². The fourth-order valence-electron chi connectivity index (χ4n) is 2.68. The van der Waals surface area contributed by atoms with E-state index in [1.54, 1.807) is 0 Å². The molecule has 22 heteroatoms. The van der Waals surface area contributed by atoms with E-state index in [9.17, 15) is 48.6 Å². The van der Waals surface area contributed by atoms with E-state index >= 15 is 0 Å². The van der Waals surface area contributed by atoms with Gasteiger partial charge >= 0.3 is 23.9 Å². The summed E-state index contributed by atoms with van der Waals surface area (Å²) < 4.78 is 88.3. The molecule has 0 aromatic heterocycles. The molecule has 0 radical (unpaired) electrons. The molecule has 0 rings (SSSR count). The lowest BCUT2D eigenvalue weighted by atomic mass is 10.1. The van der Waals surface area contributed by atoms with Crippen LogP contribution >= 0.6 is 23.5 Å². The molecule has 0 aromatic carbocycles. The van der Waals surface area contributed by atoms with Gasteiger partial charge in [-0.15, -0.1) is 0 Å². The summed E-state index contributed by atoms with van der Waals surface area (Å²) in [7, 11) is 0. The van der Waals surface area contributed by atoms with Gasteiger partial charge in [0.2, 0.25) is 23.6 Å². The summed E-state index contributed by atoms with van der Waals surface area (Å²) in [5, 5.41) is 58.9. The van der Waals surface area contributed by atoms with Crippen molar-refractivity contribution in [2.24, 2.45) is 11.5 Å². The van der Waals surface area contributed by atoms with E-state index < -0.39 is 146 Å². The van der Waals surface area contributed by atoms with Crippen LogP contribution in [0.25, 0.3) is 0 Å². The van der Waals surface area contributed by atoms with Gasteiger partial charge in [0.25, 0.3) is 0 Å². The van der Waals surface area contributed by atoms with Gasteiger partial charge in [0.1, 0.15) is 37.3 Å². The van der Waals surface area contributed by atoms with Crippen molar-refractivity contribution in [3.63, 3.8) is 0 Å². The van der Waals surface area contributed by atoms with E-state index in [1.165, 1.54) is 0 Å². The van der Waals surface area contributed by atoms with Gasteiger partial charge in [0, 0.05) is 47.6 Å². The molecule has 0 saturated heterocycles. The molecule has 0 fully saturated rings. The predicted molar refractivity (Wildman–Crippen MR) is 173 cm³/mol. The molecule has 0 spiro atoms. The summed E-state index contributed by atoms with van der Waals surface area (Å²) in [6.45, 7) is -12.0. The largest absolute Gasteiger partial charge is 0.480 e. The molecule has 2 unspecified atom stereocenters. The third-order valence-electron chi connectivity index (χ3n) is 5.05. The first-order valence-corrected chi connectivity index (χ1v) is 15.1. The van der Waals surface area contributed by atoms with Gasteiger partial charge in [-0.1, -0.05) is 6.85 Å². The third kappa shape index (κ3) is 25.4. The Bertz CT molecular complexity index is 1530. The second kappa shape index (κ2) is 26.3. The average molecular weight is 743 g/mol. The van der Waals surface area contributed by atoms with Gasteiger partial charge in [-0.05, 0) is 19.7 Å². The summed E-state index contributed by atoms with van der Waals surface area (Å²) in [5.41, 5.74) is 7.41. The molecule has 0 bridgehead atoms. The van der Waals surface area contributed by atoms with Crippen LogP contribution in [-0.2, 0) is 38.4 Å². The van der Waals surface area contributed by atoms with E-state index in [0.29, 0.717) is 0 Å². The number of nitrogens with two attached hydrogens (primary N) is 2. The summed E-state index contributed by atoms with van der Waals surface area (Å²) in [5.74, 6) is -10.8. The number of amides is 4. The maximum Gasteiger partial charge on any atom is 0.322 e. The van der Waals surface area contributed by atoms with Crippen LogP contribution in [0.15, 0.2) is 0 Å². The molecule has 276 valence electrons. The number of carboxylic acid groups (broad SMARTS) is 4. The first-order valence-electron chi connectivity index (χ1n) is 19.1. The molecule has 0 heterocycles. The normalized spacial score (nSPS) is 20.4. The smallest absolute Gasteiger partial charge is 0.322 e. The zero-order valence-corrected chi connectivity index (χ0v) is 26.5. The van der Waals surface area contributed by atoms with Gasteiger partial charge < -0.3 is 63.4 Å². The molecule has 0 saturated carbocycles. The van der Waals surface area contributed by atoms with Gasteiger partial charge in [0.05, 0.1) is 16.8 Å². The van der Waals surface area contributed by atoms with Crippen molar-refractivity contribution in [3.05, 3.63) is 0 Å². The Morgan fingerprint density at radius 1 is 0.771 bits per heavy atom. The Kier molecular flexibility index (Phi) is 15.4. The fraction of sp³-hybridized carbons (Fsp3) is 0.692. The Labute approximate surface area is 301 Å². The highest BCUT2D eigenvalue weighted by Gasteiger charge is 2.24. The molecule has 14 N–H and O–H groups in total. The molecule has 6 atom stereocenters. The van der Waals surface area contributed by atoms with Gasteiger partial charge in [-0.25, -0.2) is 0 Å². The minimum absolute atomic E-state index is 0.0171. The summed E-state index contributed by atoms with van der Waals surface area (Å²) in [6, 6.07) is -5.90. The highest BCUT2D eigenvalue weighted by Crippen LogP contribution is 2.12. The van der Waals surface area contributed by atoms with Gasteiger partial charge in [-0.2, -0.15) is 23.5 Å². The van der Waals surface area contributed by atoms with E-state index in [-0.39, 0.29) is 36.4 Å². The Morgan fingerprint density at radius 3 is 1.56 bits per heavy atom. The van der Waals surface area contributed by atoms with Crippen molar-refractivity contribution < 1.29 is 85.4 Å². The number of aliphatic hydroxyl groups is 2. The first kappa shape index (κ1) is 28.2. The maximum absolute atomic E-state index is 12.2. The third-order valence-corrected chi connectivity index (χ3v) is 6.76. The van der Waals surface area contributed by atoms with Crippen LogP contribution in [0.4, 0.5) is 0 Å². The second-order valence-electron chi connectivity index (χ2n) is 8.94. The predicted octanol–water partition coefficient (Wildman–Crippen LogP) is -4.04.